The third-order valence-electron chi connectivity index (χ3n) is 4.96. The average molecular weight is 331 g/mol. The van der Waals surface area contributed by atoms with Gasteiger partial charge >= 0.3 is 5.88 Å². The van der Waals surface area contributed by atoms with E-state index in [4.69, 9.17) is 4.42 Å². The van der Waals surface area contributed by atoms with Crippen molar-refractivity contribution in [2.24, 2.45) is 11.8 Å². The molecule has 2 fully saturated rings. The average Bonchev–Trinajstić information content (AvgIpc) is 3.23. The first-order valence-corrected chi connectivity index (χ1v) is 8.04. The SMILES string of the molecule is O=[N+]([O-])c1ccc(CN2CC3CN(c4ccc(F)cc4)CC3C2)o1. The number of halogens is 1. The molecule has 0 aliphatic carbocycles. The molecule has 0 bridgehead atoms. The molecular weight excluding hydrogens is 313 g/mol. The highest BCUT2D eigenvalue weighted by atomic mass is 19.1. The number of fused-ring (bicyclic) bond motifs is 1. The molecule has 2 aliphatic heterocycles. The van der Waals surface area contributed by atoms with Gasteiger partial charge in [-0.3, -0.25) is 15.0 Å². The summed E-state index contributed by atoms with van der Waals surface area (Å²) in [5.41, 5.74) is 1.07. The van der Waals surface area contributed by atoms with Crippen molar-refractivity contribution in [3.8, 4) is 0 Å². The van der Waals surface area contributed by atoms with Crippen molar-refractivity contribution in [3.05, 3.63) is 58.1 Å². The molecule has 2 aromatic rings. The highest BCUT2D eigenvalue weighted by Gasteiger charge is 2.40. The quantitative estimate of drug-likeness (QED) is 0.637. The van der Waals surface area contributed by atoms with Gasteiger partial charge in [-0.25, -0.2) is 4.39 Å². The van der Waals surface area contributed by atoms with E-state index in [-0.39, 0.29) is 11.7 Å². The zero-order chi connectivity index (χ0) is 16.7. The van der Waals surface area contributed by atoms with E-state index in [1.54, 1.807) is 6.07 Å². The van der Waals surface area contributed by atoms with Crippen LogP contribution in [0.5, 0.6) is 0 Å². The number of hydrogen-bond donors (Lipinski definition) is 0. The summed E-state index contributed by atoms with van der Waals surface area (Å²) >= 11 is 0. The van der Waals surface area contributed by atoms with Crippen LogP contribution in [0.2, 0.25) is 0 Å². The fraction of sp³-hybridized carbons (Fsp3) is 0.412. The molecule has 126 valence electrons. The first-order valence-electron chi connectivity index (χ1n) is 8.04. The van der Waals surface area contributed by atoms with Gasteiger partial charge in [0.05, 0.1) is 12.6 Å². The van der Waals surface area contributed by atoms with Gasteiger partial charge in [-0.2, -0.15) is 0 Å². The Hall–Kier alpha value is -2.41. The second kappa shape index (κ2) is 5.90. The first-order chi connectivity index (χ1) is 11.6. The summed E-state index contributed by atoms with van der Waals surface area (Å²) < 4.78 is 18.3. The predicted molar refractivity (Wildman–Crippen MR) is 86.2 cm³/mol. The van der Waals surface area contributed by atoms with Gasteiger partial charge in [-0.05, 0) is 42.2 Å². The molecule has 0 N–H and O–H groups in total. The van der Waals surface area contributed by atoms with Gasteiger partial charge in [0, 0.05) is 31.9 Å². The van der Waals surface area contributed by atoms with Crippen molar-refractivity contribution in [2.75, 3.05) is 31.1 Å². The summed E-state index contributed by atoms with van der Waals surface area (Å²) in [7, 11) is 0. The number of furan rings is 1. The standard InChI is InChI=1S/C17H18FN3O3/c18-14-1-3-15(4-2-14)20-9-12-7-19(8-13(12)10-20)11-16-5-6-17(24-16)21(22)23/h1-6,12-13H,7-11H2. The van der Waals surface area contributed by atoms with Crippen LogP contribution in [-0.2, 0) is 6.54 Å². The Morgan fingerprint density at radius 3 is 2.33 bits per heavy atom. The lowest BCUT2D eigenvalue weighted by molar-refractivity contribution is -0.402. The molecule has 6 nitrogen and oxygen atoms in total. The minimum absolute atomic E-state index is 0.202. The number of nitro groups is 1. The number of nitrogens with zero attached hydrogens (tertiary/aromatic N) is 3. The number of rotatable bonds is 4. The summed E-state index contributed by atoms with van der Waals surface area (Å²) in [4.78, 5) is 14.8. The Bertz CT molecular complexity index is 732. The Morgan fingerprint density at radius 1 is 1.08 bits per heavy atom. The van der Waals surface area contributed by atoms with Crippen molar-refractivity contribution in [2.45, 2.75) is 6.54 Å². The molecule has 1 aromatic carbocycles. The van der Waals surface area contributed by atoms with Gasteiger partial charge in [0.15, 0.2) is 0 Å². The fourth-order valence-corrected chi connectivity index (χ4v) is 3.85. The van der Waals surface area contributed by atoms with Crippen LogP contribution in [0.1, 0.15) is 5.76 Å². The molecule has 1 aromatic heterocycles. The summed E-state index contributed by atoms with van der Waals surface area (Å²) in [6, 6.07) is 9.74. The lowest BCUT2D eigenvalue weighted by Crippen LogP contribution is -2.28. The highest BCUT2D eigenvalue weighted by molar-refractivity contribution is 5.47. The molecule has 0 amide bonds. The highest BCUT2D eigenvalue weighted by Crippen LogP contribution is 2.34. The van der Waals surface area contributed by atoms with E-state index in [1.165, 1.54) is 18.2 Å². The third kappa shape index (κ3) is 2.87. The molecule has 0 radical (unpaired) electrons. The molecule has 3 heterocycles. The fourth-order valence-electron chi connectivity index (χ4n) is 3.85. The maximum absolute atomic E-state index is 13.0. The monoisotopic (exact) mass is 331 g/mol. The van der Waals surface area contributed by atoms with E-state index >= 15 is 0 Å². The Balaban J connectivity index is 1.35. The number of likely N-dealkylation sites (tertiary alicyclic amines) is 1. The van der Waals surface area contributed by atoms with E-state index in [0.717, 1.165) is 31.9 Å². The minimum Gasteiger partial charge on any atom is -0.404 e. The van der Waals surface area contributed by atoms with Gasteiger partial charge in [0.1, 0.15) is 16.5 Å². The van der Waals surface area contributed by atoms with Gasteiger partial charge in [-0.1, -0.05) is 0 Å². The summed E-state index contributed by atoms with van der Waals surface area (Å²) in [6.45, 7) is 4.45. The van der Waals surface area contributed by atoms with E-state index in [1.807, 2.05) is 12.1 Å². The summed E-state index contributed by atoms with van der Waals surface area (Å²) in [6.07, 6.45) is 0. The molecule has 2 saturated heterocycles. The molecule has 2 atom stereocenters. The van der Waals surface area contributed by atoms with Crippen molar-refractivity contribution in [3.63, 3.8) is 0 Å². The van der Waals surface area contributed by atoms with E-state index in [9.17, 15) is 14.5 Å². The van der Waals surface area contributed by atoms with E-state index in [2.05, 4.69) is 9.80 Å². The normalized spacial score (nSPS) is 23.6. The zero-order valence-electron chi connectivity index (χ0n) is 13.1. The van der Waals surface area contributed by atoms with Crippen LogP contribution >= 0.6 is 0 Å². The second-order valence-corrected chi connectivity index (χ2v) is 6.59. The second-order valence-electron chi connectivity index (χ2n) is 6.59. The van der Waals surface area contributed by atoms with Crippen molar-refractivity contribution in [1.29, 1.82) is 0 Å². The summed E-state index contributed by atoms with van der Waals surface area (Å²) in [5.74, 6) is 1.36. The van der Waals surface area contributed by atoms with Crippen LogP contribution in [0.4, 0.5) is 16.0 Å². The number of benzene rings is 1. The van der Waals surface area contributed by atoms with Crippen LogP contribution in [0.3, 0.4) is 0 Å². The third-order valence-corrected chi connectivity index (χ3v) is 4.96. The molecule has 0 saturated carbocycles. The first kappa shape index (κ1) is 15.1. The molecule has 4 rings (SSSR count). The van der Waals surface area contributed by atoms with Crippen LogP contribution in [0.25, 0.3) is 0 Å². The van der Waals surface area contributed by atoms with Crippen molar-refractivity contribution < 1.29 is 13.7 Å². The van der Waals surface area contributed by atoms with Crippen LogP contribution in [-0.4, -0.2) is 36.0 Å². The van der Waals surface area contributed by atoms with E-state index < -0.39 is 4.92 Å². The molecule has 24 heavy (non-hydrogen) atoms. The van der Waals surface area contributed by atoms with Gasteiger partial charge < -0.3 is 9.32 Å². The molecule has 0 spiro atoms. The lowest BCUT2D eigenvalue weighted by Gasteiger charge is -2.22. The molecule has 2 unspecified atom stereocenters. The van der Waals surface area contributed by atoms with Crippen LogP contribution < -0.4 is 4.90 Å². The molecule has 2 aliphatic rings. The van der Waals surface area contributed by atoms with Gasteiger partial charge in [-0.15, -0.1) is 0 Å². The van der Waals surface area contributed by atoms with Crippen LogP contribution in [0, 0.1) is 27.8 Å². The zero-order valence-corrected chi connectivity index (χ0v) is 13.1. The van der Waals surface area contributed by atoms with Crippen molar-refractivity contribution >= 4 is 11.6 Å². The van der Waals surface area contributed by atoms with E-state index in [0.29, 0.717) is 24.1 Å². The Kier molecular flexibility index (Phi) is 3.72. The predicted octanol–water partition coefficient (Wildman–Crippen LogP) is 2.90. The molecule has 7 heteroatoms. The Labute approximate surface area is 138 Å². The van der Waals surface area contributed by atoms with Gasteiger partial charge in [0.2, 0.25) is 0 Å². The lowest BCUT2D eigenvalue weighted by atomic mass is 10.0. The topological polar surface area (TPSA) is 62.8 Å². The smallest absolute Gasteiger partial charge is 0.404 e. The minimum atomic E-state index is -0.511. The van der Waals surface area contributed by atoms with Crippen LogP contribution in [0.15, 0.2) is 40.8 Å². The Morgan fingerprint density at radius 2 is 1.75 bits per heavy atom. The maximum Gasteiger partial charge on any atom is 0.433 e. The number of hydrogen-bond acceptors (Lipinski definition) is 5. The largest absolute Gasteiger partial charge is 0.433 e. The van der Waals surface area contributed by atoms with Crippen molar-refractivity contribution in [1.82, 2.24) is 4.90 Å². The van der Waals surface area contributed by atoms with Gasteiger partial charge in [0.25, 0.3) is 0 Å². The number of anilines is 1. The molecular formula is C17H18FN3O3. The maximum atomic E-state index is 13.0. The summed E-state index contributed by atoms with van der Waals surface area (Å²) in [5, 5.41) is 10.7.